The van der Waals surface area contributed by atoms with Crippen molar-refractivity contribution in [1.82, 2.24) is 4.90 Å². The van der Waals surface area contributed by atoms with E-state index in [1.807, 2.05) is 12.1 Å². The zero-order chi connectivity index (χ0) is 13.5. The predicted molar refractivity (Wildman–Crippen MR) is 94.6 cm³/mol. The van der Waals surface area contributed by atoms with Crippen LogP contribution < -0.4 is 4.90 Å². The van der Waals surface area contributed by atoms with Gasteiger partial charge in [-0.3, -0.25) is 0 Å². The first-order chi connectivity index (χ1) is 9.33. The number of hydrogen-bond donors (Lipinski definition) is 0. The maximum Gasteiger partial charge on any atom is 0.108 e. The van der Waals surface area contributed by atoms with Gasteiger partial charge in [0.25, 0.3) is 0 Å². The van der Waals surface area contributed by atoms with Crippen LogP contribution in [0.2, 0.25) is 0 Å². The highest BCUT2D eigenvalue weighted by atomic mass is 35.5. The number of likely N-dealkylation sites (tertiary alicyclic amines) is 1. The van der Waals surface area contributed by atoms with Crippen LogP contribution >= 0.6 is 24.8 Å². The smallest absolute Gasteiger partial charge is 0.108 e. The van der Waals surface area contributed by atoms with E-state index >= 15 is 0 Å². The molecule has 1 aromatic rings. The summed E-state index contributed by atoms with van der Waals surface area (Å²) in [5.41, 5.74) is 1.67. The molecule has 1 heterocycles. The summed E-state index contributed by atoms with van der Waals surface area (Å²) in [5, 5.41) is 2.94. The summed E-state index contributed by atoms with van der Waals surface area (Å²) in [6.07, 6.45) is 4.06. The first kappa shape index (κ1) is 20.2. The lowest BCUT2D eigenvalue weighted by atomic mass is 10.1. The van der Waals surface area contributed by atoms with E-state index < -0.39 is 0 Å². The Hall–Kier alpha value is -0.840. The summed E-state index contributed by atoms with van der Waals surface area (Å²) >= 11 is 0. The van der Waals surface area contributed by atoms with Crippen molar-refractivity contribution in [2.45, 2.75) is 26.2 Å². The molecule has 1 aliphatic rings. The molecule has 0 unspecified atom stereocenters. The zero-order valence-corrected chi connectivity index (χ0v) is 14.2. The quantitative estimate of drug-likeness (QED) is 0.730. The Labute approximate surface area is 139 Å². The number of nitrogens with zero attached hydrogens (tertiary/aromatic N) is 3. The van der Waals surface area contributed by atoms with Crippen LogP contribution in [0.5, 0.6) is 0 Å². The SMILES string of the molecule is CCN(CCN1CCCCC1)c1ccc(N=O)cc1.Cl.Cl. The Morgan fingerprint density at radius 2 is 1.71 bits per heavy atom. The van der Waals surface area contributed by atoms with Gasteiger partial charge in [-0.25, -0.2) is 0 Å². The second-order valence-corrected chi connectivity index (χ2v) is 5.09. The van der Waals surface area contributed by atoms with E-state index in [9.17, 15) is 4.91 Å². The molecular formula is C15H25Cl2N3O. The molecule has 0 amide bonds. The Bertz CT molecular complexity index is 394. The minimum Gasteiger partial charge on any atom is -0.371 e. The van der Waals surface area contributed by atoms with E-state index in [0.717, 1.165) is 19.6 Å². The summed E-state index contributed by atoms with van der Waals surface area (Å²) < 4.78 is 0. The van der Waals surface area contributed by atoms with Crippen LogP contribution in [0, 0.1) is 4.91 Å². The summed E-state index contributed by atoms with van der Waals surface area (Å²) in [4.78, 5) is 15.3. The monoisotopic (exact) mass is 333 g/mol. The van der Waals surface area contributed by atoms with Crippen molar-refractivity contribution in [3.8, 4) is 0 Å². The molecule has 1 aliphatic heterocycles. The molecule has 4 nitrogen and oxygen atoms in total. The van der Waals surface area contributed by atoms with Crippen LogP contribution in [0.3, 0.4) is 0 Å². The van der Waals surface area contributed by atoms with Crippen LogP contribution in [0.25, 0.3) is 0 Å². The van der Waals surface area contributed by atoms with Gasteiger partial charge in [0.15, 0.2) is 0 Å². The molecule has 0 atom stereocenters. The molecule has 1 aromatic carbocycles. The van der Waals surface area contributed by atoms with E-state index in [2.05, 4.69) is 21.9 Å². The number of halogens is 2. The summed E-state index contributed by atoms with van der Waals surface area (Å²) in [7, 11) is 0. The fourth-order valence-corrected chi connectivity index (χ4v) is 2.64. The van der Waals surface area contributed by atoms with Gasteiger partial charge in [-0.15, -0.1) is 29.7 Å². The largest absolute Gasteiger partial charge is 0.371 e. The third-order valence-corrected chi connectivity index (χ3v) is 3.84. The first-order valence-corrected chi connectivity index (χ1v) is 7.24. The fraction of sp³-hybridized carbons (Fsp3) is 0.600. The van der Waals surface area contributed by atoms with Crippen LogP contribution in [0.1, 0.15) is 26.2 Å². The maximum atomic E-state index is 10.4. The number of anilines is 1. The highest BCUT2D eigenvalue weighted by molar-refractivity contribution is 5.85. The second kappa shape index (κ2) is 10.8. The third-order valence-electron chi connectivity index (χ3n) is 3.84. The average Bonchev–Trinajstić information content (AvgIpc) is 2.49. The molecule has 0 radical (unpaired) electrons. The summed E-state index contributed by atoms with van der Waals surface area (Å²) in [5.74, 6) is 0. The molecule has 0 saturated carbocycles. The first-order valence-electron chi connectivity index (χ1n) is 7.24. The Kier molecular flexibility index (Phi) is 10.4. The Morgan fingerprint density at radius 3 is 2.24 bits per heavy atom. The van der Waals surface area contributed by atoms with Gasteiger partial charge in [0, 0.05) is 25.3 Å². The van der Waals surface area contributed by atoms with Crippen molar-refractivity contribution in [3.63, 3.8) is 0 Å². The average molecular weight is 334 g/mol. The molecule has 0 bridgehead atoms. The van der Waals surface area contributed by atoms with E-state index in [4.69, 9.17) is 0 Å². The zero-order valence-electron chi connectivity index (χ0n) is 12.5. The molecule has 1 fully saturated rings. The van der Waals surface area contributed by atoms with Gasteiger partial charge in [-0.2, -0.15) is 0 Å². The van der Waals surface area contributed by atoms with Gasteiger partial charge < -0.3 is 9.80 Å². The molecule has 0 aliphatic carbocycles. The van der Waals surface area contributed by atoms with Crippen molar-refractivity contribution >= 4 is 36.2 Å². The fourth-order valence-electron chi connectivity index (χ4n) is 2.64. The Morgan fingerprint density at radius 1 is 1.10 bits per heavy atom. The molecule has 2 rings (SSSR count). The van der Waals surface area contributed by atoms with Gasteiger partial charge in [0.1, 0.15) is 5.69 Å². The van der Waals surface area contributed by atoms with Crippen LogP contribution in [0.4, 0.5) is 11.4 Å². The number of hydrogen-bond acceptors (Lipinski definition) is 4. The molecule has 21 heavy (non-hydrogen) atoms. The molecule has 120 valence electrons. The van der Waals surface area contributed by atoms with Gasteiger partial charge >= 0.3 is 0 Å². The number of piperidine rings is 1. The predicted octanol–water partition coefficient (Wildman–Crippen LogP) is 4.24. The van der Waals surface area contributed by atoms with E-state index in [0.29, 0.717) is 5.69 Å². The molecule has 0 N–H and O–H groups in total. The van der Waals surface area contributed by atoms with Gasteiger partial charge in [-0.1, -0.05) is 6.42 Å². The maximum absolute atomic E-state index is 10.4. The summed E-state index contributed by atoms with van der Waals surface area (Å²) in [6, 6.07) is 7.53. The lowest BCUT2D eigenvalue weighted by Gasteiger charge is -2.30. The lowest BCUT2D eigenvalue weighted by molar-refractivity contribution is 0.233. The van der Waals surface area contributed by atoms with Crippen LogP contribution in [0.15, 0.2) is 29.4 Å². The molecular weight excluding hydrogens is 309 g/mol. The second-order valence-electron chi connectivity index (χ2n) is 5.09. The van der Waals surface area contributed by atoms with Crippen molar-refractivity contribution < 1.29 is 0 Å². The van der Waals surface area contributed by atoms with Gasteiger partial charge in [-0.05, 0) is 62.3 Å². The van der Waals surface area contributed by atoms with Gasteiger partial charge in [0.05, 0.1) is 0 Å². The number of likely N-dealkylation sites (N-methyl/N-ethyl adjacent to an activating group) is 1. The molecule has 1 saturated heterocycles. The third kappa shape index (κ3) is 6.20. The van der Waals surface area contributed by atoms with Crippen LogP contribution in [-0.2, 0) is 0 Å². The van der Waals surface area contributed by atoms with Crippen molar-refractivity contribution in [3.05, 3.63) is 29.2 Å². The number of benzene rings is 1. The van der Waals surface area contributed by atoms with E-state index in [-0.39, 0.29) is 24.8 Å². The minimum atomic E-state index is 0. The molecule has 0 spiro atoms. The van der Waals surface area contributed by atoms with Crippen molar-refractivity contribution in [1.29, 1.82) is 0 Å². The van der Waals surface area contributed by atoms with Gasteiger partial charge in [0.2, 0.25) is 0 Å². The Balaban J connectivity index is 0.00000200. The number of nitroso groups, excluding NO2 is 1. The highest BCUT2D eigenvalue weighted by Gasteiger charge is 2.11. The molecule has 6 heteroatoms. The number of rotatable bonds is 6. The van der Waals surface area contributed by atoms with E-state index in [1.54, 1.807) is 12.1 Å². The van der Waals surface area contributed by atoms with E-state index in [1.165, 1.54) is 38.0 Å². The summed E-state index contributed by atoms with van der Waals surface area (Å²) in [6.45, 7) is 7.81. The molecule has 0 aromatic heterocycles. The lowest BCUT2D eigenvalue weighted by Crippen LogP contribution is -2.37. The normalized spacial score (nSPS) is 14.7. The topological polar surface area (TPSA) is 35.9 Å². The van der Waals surface area contributed by atoms with Crippen molar-refractivity contribution in [2.75, 3.05) is 37.6 Å². The van der Waals surface area contributed by atoms with Crippen molar-refractivity contribution in [2.24, 2.45) is 5.18 Å². The minimum absolute atomic E-state index is 0. The standard InChI is InChI=1S/C15H23N3O.2ClH/c1-2-18(13-12-17-10-4-3-5-11-17)15-8-6-14(16-19)7-9-15;;/h6-9H,2-5,10-13H2,1H3;2*1H. The highest BCUT2D eigenvalue weighted by Crippen LogP contribution is 2.19. The van der Waals surface area contributed by atoms with Crippen LogP contribution in [-0.4, -0.2) is 37.6 Å².